The van der Waals surface area contributed by atoms with Crippen molar-refractivity contribution < 1.29 is 4.74 Å². The van der Waals surface area contributed by atoms with Crippen LogP contribution in [-0.2, 0) is 5.88 Å². The Morgan fingerprint density at radius 1 is 1.22 bits per heavy atom. The first kappa shape index (κ1) is 13.2. The second-order valence-electron chi connectivity index (χ2n) is 4.84. The maximum atomic E-state index is 5.96. The van der Waals surface area contributed by atoms with Gasteiger partial charge in [0.1, 0.15) is 0 Å². The smallest absolute Gasteiger partial charge is 0.221 e. The first-order valence-electron chi connectivity index (χ1n) is 6.23. The predicted octanol–water partition coefficient (Wildman–Crippen LogP) is 4.40. The van der Waals surface area contributed by atoms with Crippen molar-refractivity contribution in [3.05, 3.63) is 36.0 Å². The van der Waals surface area contributed by atoms with Crippen molar-refractivity contribution in [1.29, 1.82) is 0 Å². The third kappa shape index (κ3) is 2.75. The Hall–Kier alpha value is -1.28. The summed E-state index contributed by atoms with van der Waals surface area (Å²) >= 11 is 5.88. The summed E-state index contributed by atoms with van der Waals surface area (Å²) in [6.45, 7) is 6.34. The maximum absolute atomic E-state index is 5.96. The number of hydrogen-bond acceptors (Lipinski definition) is 2. The molecule has 3 heteroatoms. The molecule has 0 aliphatic heterocycles. The van der Waals surface area contributed by atoms with Gasteiger partial charge in [-0.3, -0.25) is 0 Å². The zero-order chi connectivity index (χ0) is 13.1. The third-order valence-electron chi connectivity index (χ3n) is 3.13. The zero-order valence-electron chi connectivity index (χ0n) is 11.0. The molecule has 1 aromatic carbocycles. The number of pyridine rings is 1. The average molecular weight is 264 g/mol. The molecule has 1 heterocycles. The Labute approximate surface area is 113 Å². The highest BCUT2D eigenvalue weighted by Gasteiger charge is 2.13. The summed E-state index contributed by atoms with van der Waals surface area (Å²) in [4.78, 5) is 4.49. The molecule has 1 atom stereocenters. The third-order valence-corrected chi connectivity index (χ3v) is 3.41. The van der Waals surface area contributed by atoms with E-state index in [0.717, 1.165) is 16.5 Å². The number of fused-ring (bicyclic) bond motifs is 1. The number of benzene rings is 1. The van der Waals surface area contributed by atoms with Gasteiger partial charge in [-0.25, -0.2) is 4.98 Å². The normalized spacial score (nSPS) is 12.9. The van der Waals surface area contributed by atoms with Crippen molar-refractivity contribution in [2.24, 2.45) is 5.92 Å². The van der Waals surface area contributed by atoms with Crippen LogP contribution in [0, 0.1) is 5.92 Å². The number of halogens is 1. The van der Waals surface area contributed by atoms with Gasteiger partial charge in [-0.1, -0.05) is 32.0 Å². The van der Waals surface area contributed by atoms with Crippen LogP contribution in [0.5, 0.6) is 5.88 Å². The van der Waals surface area contributed by atoms with E-state index in [9.17, 15) is 0 Å². The van der Waals surface area contributed by atoms with Crippen LogP contribution in [-0.4, -0.2) is 11.1 Å². The fourth-order valence-electron chi connectivity index (χ4n) is 1.69. The van der Waals surface area contributed by atoms with E-state index in [2.05, 4.69) is 31.8 Å². The molecular formula is C15H18ClNO. The molecule has 0 radical (unpaired) electrons. The molecule has 0 fully saturated rings. The van der Waals surface area contributed by atoms with E-state index in [0.29, 0.717) is 17.7 Å². The Morgan fingerprint density at radius 3 is 2.61 bits per heavy atom. The number of ether oxygens (including phenoxy) is 1. The first-order chi connectivity index (χ1) is 8.61. The topological polar surface area (TPSA) is 22.1 Å². The van der Waals surface area contributed by atoms with Crippen molar-refractivity contribution in [1.82, 2.24) is 4.98 Å². The lowest BCUT2D eigenvalue weighted by Gasteiger charge is -2.19. The molecule has 0 bridgehead atoms. The molecule has 0 spiro atoms. The van der Waals surface area contributed by atoms with E-state index < -0.39 is 0 Å². The lowest BCUT2D eigenvalue weighted by molar-refractivity contribution is 0.165. The Balaban J connectivity index is 2.47. The van der Waals surface area contributed by atoms with Gasteiger partial charge < -0.3 is 4.74 Å². The molecule has 1 unspecified atom stereocenters. The number of rotatable bonds is 4. The summed E-state index contributed by atoms with van der Waals surface area (Å²) in [7, 11) is 0. The minimum Gasteiger partial charge on any atom is -0.474 e. The Bertz CT molecular complexity index is 539. The molecular weight excluding hydrogens is 246 g/mol. The molecule has 0 N–H and O–H groups in total. The minimum absolute atomic E-state index is 0.131. The largest absolute Gasteiger partial charge is 0.474 e. The van der Waals surface area contributed by atoms with E-state index >= 15 is 0 Å². The summed E-state index contributed by atoms with van der Waals surface area (Å²) < 4.78 is 5.96. The number of nitrogens with zero attached hydrogens (tertiary/aromatic N) is 1. The van der Waals surface area contributed by atoms with Crippen LogP contribution in [0.25, 0.3) is 10.8 Å². The average Bonchev–Trinajstić information content (AvgIpc) is 2.38. The van der Waals surface area contributed by atoms with Crippen molar-refractivity contribution in [3.63, 3.8) is 0 Å². The number of hydrogen-bond donors (Lipinski definition) is 0. The second-order valence-corrected chi connectivity index (χ2v) is 5.11. The second kappa shape index (κ2) is 5.57. The van der Waals surface area contributed by atoms with E-state index in [4.69, 9.17) is 16.3 Å². The van der Waals surface area contributed by atoms with Crippen LogP contribution in [0.3, 0.4) is 0 Å². The minimum atomic E-state index is 0.131. The summed E-state index contributed by atoms with van der Waals surface area (Å²) in [6.07, 6.45) is 0.131. The SMILES string of the molecule is CC(C)C(C)Oc1nc(CCl)cc2ccccc12. The lowest BCUT2D eigenvalue weighted by atomic mass is 10.1. The molecule has 2 aromatic rings. The fraction of sp³-hybridized carbons (Fsp3) is 0.400. The standard InChI is InChI=1S/C15H18ClNO/c1-10(2)11(3)18-15-14-7-5-4-6-12(14)8-13(9-16)17-15/h4-8,10-11H,9H2,1-3H3. The van der Waals surface area contributed by atoms with Gasteiger partial charge >= 0.3 is 0 Å². The van der Waals surface area contributed by atoms with Gasteiger partial charge in [0.05, 0.1) is 17.7 Å². The molecule has 0 saturated carbocycles. The van der Waals surface area contributed by atoms with Crippen LogP contribution in [0.2, 0.25) is 0 Å². The monoisotopic (exact) mass is 263 g/mol. The predicted molar refractivity (Wildman–Crippen MR) is 76.2 cm³/mol. The molecule has 2 rings (SSSR count). The van der Waals surface area contributed by atoms with Crippen LogP contribution in [0.15, 0.2) is 30.3 Å². The highest BCUT2D eigenvalue weighted by molar-refractivity contribution is 6.17. The van der Waals surface area contributed by atoms with Crippen molar-refractivity contribution in [2.75, 3.05) is 0 Å². The highest BCUT2D eigenvalue weighted by Crippen LogP contribution is 2.26. The van der Waals surface area contributed by atoms with Gasteiger partial charge in [-0.2, -0.15) is 0 Å². The van der Waals surface area contributed by atoms with Crippen molar-refractivity contribution in [2.45, 2.75) is 32.8 Å². The Morgan fingerprint density at radius 2 is 1.94 bits per heavy atom. The molecule has 0 aliphatic rings. The van der Waals surface area contributed by atoms with E-state index in [1.165, 1.54) is 0 Å². The van der Waals surface area contributed by atoms with Crippen LogP contribution in [0.4, 0.5) is 0 Å². The molecule has 0 aliphatic carbocycles. The highest BCUT2D eigenvalue weighted by atomic mass is 35.5. The van der Waals surface area contributed by atoms with Crippen LogP contribution >= 0.6 is 11.6 Å². The first-order valence-corrected chi connectivity index (χ1v) is 6.76. The number of alkyl halides is 1. The number of aromatic nitrogens is 1. The van der Waals surface area contributed by atoms with E-state index in [-0.39, 0.29) is 6.10 Å². The van der Waals surface area contributed by atoms with Gasteiger partial charge in [0, 0.05) is 5.39 Å². The summed E-state index contributed by atoms with van der Waals surface area (Å²) in [6, 6.07) is 10.1. The van der Waals surface area contributed by atoms with Gasteiger partial charge in [0.15, 0.2) is 0 Å². The van der Waals surface area contributed by atoms with E-state index in [1.54, 1.807) is 0 Å². The van der Waals surface area contributed by atoms with Crippen molar-refractivity contribution >= 4 is 22.4 Å². The van der Waals surface area contributed by atoms with Gasteiger partial charge in [0.2, 0.25) is 5.88 Å². The molecule has 0 amide bonds. The Kier molecular flexibility index (Phi) is 4.07. The van der Waals surface area contributed by atoms with Crippen molar-refractivity contribution in [3.8, 4) is 5.88 Å². The molecule has 2 nitrogen and oxygen atoms in total. The quantitative estimate of drug-likeness (QED) is 0.763. The molecule has 0 saturated heterocycles. The molecule has 18 heavy (non-hydrogen) atoms. The molecule has 96 valence electrons. The lowest BCUT2D eigenvalue weighted by Crippen LogP contribution is -2.19. The summed E-state index contributed by atoms with van der Waals surface area (Å²) in [5.74, 6) is 1.53. The van der Waals surface area contributed by atoms with Crippen LogP contribution < -0.4 is 4.74 Å². The van der Waals surface area contributed by atoms with Gasteiger partial charge in [0.25, 0.3) is 0 Å². The zero-order valence-corrected chi connectivity index (χ0v) is 11.7. The molecule has 1 aromatic heterocycles. The van der Waals surface area contributed by atoms with Crippen LogP contribution in [0.1, 0.15) is 26.5 Å². The van der Waals surface area contributed by atoms with Gasteiger partial charge in [-0.05, 0) is 30.4 Å². The summed E-state index contributed by atoms with van der Waals surface area (Å²) in [5, 5.41) is 2.16. The fourth-order valence-corrected chi connectivity index (χ4v) is 1.83. The maximum Gasteiger partial charge on any atom is 0.221 e. The van der Waals surface area contributed by atoms with E-state index in [1.807, 2.05) is 24.3 Å². The summed E-state index contributed by atoms with van der Waals surface area (Å²) in [5.41, 5.74) is 0.848. The van der Waals surface area contributed by atoms with Gasteiger partial charge in [-0.15, -0.1) is 11.6 Å².